The summed E-state index contributed by atoms with van der Waals surface area (Å²) in [4.78, 5) is 13.1. The second-order valence-corrected chi connectivity index (χ2v) is 5.93. The zero-order valence-electron chi connectivity index (χ0n) is 12.0. The van der Waals surface area contributed by atoms with Crippen LogP contribution in [0.3, 0.4) is 0 Å². The van der Waals surface area contributed by atoms with Crippen LogP contribution in [0.15, 0.2) is 41.1 Å². The van der Waals surface area contributed by atoms with Crippen LogP contribution in [0.25, 0.3) is 0 Å². The van der Waals surface area contributed by atoms with E-state index in [1.165, 1.54) is 21.6 Å². The molecule has 2 aromatic rings. The lowest BCUT2D eigenvalue weighted by molar-refractivity contribution is -0.885. The molecule has 2 N–H and O–H groups in total. The predicted molar refractivity (Wildman–Crippen MR) is 82.8 cm³/mol. The van der Waals surface area contributed by atoms with Crippen LogP contribution in [0.2, 0.25) is 0 Å². The van der Waals surface area contributed by atoms with Crippen LogP contribution < -0.4 is 10.2 Å². The minimum atomic E-state index is 0.0981. The van der Waals surface area contributed by atoms with Crippen molar-refractivity contribution in [3.8, 4) is 0 Å². The van der Waals surface area contributed by atoms with Crippen LogP contribution in [0, 0.1) is 6.92 Å². The lowest BCUT2D eigenvalue weighted by atomic mass is 10.1. The van der Waals surface area contributed by atoms with Gasteiger partial charge in [0.05, 0.1) is 7.05 Å². The molecule has 106 valence electrons. The summed E-state index contributed by atoms with van der Waals surface area (Å²) in [6.07, 6.45) is 0. The number of nitrogens with one attached hydrogen (secondary N) is 2. The summed E-state index contributed by atoms with van der Waals surface area (Å²) in [7, 11) is 2.05. The van der Waals surface area contributed by atoms with E-state index in [0.29, 0.717) is 13.1 Å². The van der Waals surface area contributed by atoms with E-state index in [4.69, 9.17) is 0 Å². The Kier molecular flexibility index (Phi) is 5.32. The predicted octanol–water partition coefficient (Wildman–Crippen LogP) is 1.39. The minimum absolute atomic E-state index is 0.0981. The van der Waals surface area contributed by atoms with E-state index >= 15 is 0 Å². The van der Waals surface area contributed by atoms with Gasteiger partial charge in [-0.15, -0.1) is 0 Å². The highest BCUT2D eigenvalue weighted by molar-refractivity contribution is 7.07. The number of likely N-dealkylation sites (N-methyl/N-ethyl adjacent to an activating group) is 1. The summed E-state index contributed by atoms with van der Waals surface area (Å²) in [6.45, 7) is 4.07. The first-order valence-corrected chi connectivity index (χ1v) is 7.73. The molecule has 0 aliphatic heterocycles. The number of benzene rings is 1. The Bertz CT molecular complexity index is 551. The molecule has 1 amide bonds. The maximum atomic E-state index is 11.9. The second-order valence-electron chi connectivity index (χ2n) is 5.15. The standard InChI is InChI=1S/C16H20N2OS/c1-13-5-3-4-6-15(13)9-17-16(19)11-18(2)10-14-7-8-20-12-14/h3-8,12H,9-11H2,1-2H3,(H,17,19)/p+1. The zero-order chi connectivity index (χ0) is 14.4. The van der Waals surface area contributed by atoms with Gasteiger partial charge in [0.15, 0.2) is 6.54 Å². The van der Waals surface area contributed by atoms with Crippen molar-refractivity contribution in [2.45, 2.75) is 20.0 Å². The number of amides is 1. The van der Waals surface area contributed by atoms with Crippen LogP contribution in [-0.2, 0) is 17.9 Å². The lowest BCUT2D eigenvalue weighted by Crippen LogP contribution is -3.08. The van der Waals surface area contributed by atoms with E-state index in [9.17, 15) is 4.79 Å². The molecule has 1 unspecified atom stereocenters. The van der Waals surface area contributed by atoms with Crippen LogP contribution in [0.4, 0.5) is 0 Å². The molecule has 0 radical (unpaired) electrons. The Labute approximate surface area is 124 Å². The van der Waals surface area contributed by atoms with Crippen LogP contribution in [0.1, 0.15) is 16.7 Å². The smallest absolute Gasteiger partial charge is 0.275 e. The number of carbonyl (C=O) groups is 1. The molecule has 0 bridgehead atoms. The summed E-state index contributed by atoms with van der Waals surface area (Å²) in [5.41, 5.74) is 3.68. The van der Waals surface area contributed by atoms with E-state index in [-0.39, 0.29) is 5.91 Å². The van der Waals surface area contributed by atoms with Crippen LogP contribution in [-0.4, -0.2) is 19.5 Å². The molecule has 0 fully saturated rings. The number of carbonyl (C=O) groups excluding carboxylic acids is 1. The molecule has 0 saturated carbocycles. The number of hydrogen-bond acceptors (Lipinski definition) is 2. The van der Waals surface area contributed by atoms with Gasteiger partial charge < -0.3 is 10.2 Å². The highest BCUT2D eigenvalue weighted by Crippen LogP contribution is 2.06. The minimum Gasteiger partial charge on any atom is -0.347 e. The van der Waals surface area contributed by atoms with E-state index < -0.39 is 0 Å². The Balaban J connectivity index is 1.76. The molecular weight excluding hydrogens is 268 g/mol. The average molecular weight is 289 g/mol. The molecule has 1 aromatic carbocycles. The first-order chi connectivity index (χ1) is 9.65. The molecule has 1 atom stereocenters. The molecule has 0 aliphatic carbocycles. The molecule has 3 nitrogen and oxygen atoms in total. The second kappa shape index (κ2) is 7.22. The number of aryl methyl sites for hydroxylation is 1. The van der Waals surface area contributed by atoms with Crippen molar-refractivity contribution >= 4 is 17.2 Å². The van der Waals surface area contributed by atoms with E-state index in [1.807, 2.05) is 19.2 Å². The maximum absolute atomic E-state index is 11.9. The third kappa shape index (κ3) is 4.47. The molecular formula is C16H21N2OS+. The highest BCUT2D eigenvalue weighted by atomic mass is 32.1. The number of rotatable bonds is 6. The molecule has 20 heavy (non-hydrogen) atoms. The Morgan fingerprint density at radius 2 is 2.10 bits per heavy atom. The molecule has 4 heteroatoms. The quantitative estimate of drug-likeness (QED) is 0.828. The van der Waals surface area contributed by atoms with Crippen molar-refractivity contribution in [3.63, 3.8) is 0 Å². The van der Waals surface area contributed by atoms with Gasteiger partial charge in [-0.05, 0) is 34.9 Å². The number of hydrogen-bond donors (Lipinski definition) is 2. The van der Waals surface area contributed by atoms with Crippen LogP contribution >= 0.6 is 11.3 Å². The van der Waals surface area contributed by atoms with Gasteiger partial charge in [-0.25, -0.2) is 0 Å². The first kappa shape index (κ1) is 14.8. The van der Waals surface area contributed by atoms with E-state index in [1.54, 1.807) is 11.3 Å². The van der Waals surface area contributed by atoms with Crippen molar-refractivity contribution in [2.24, 2.45) is 0 Å². The van der Waals surface area contributed by atoms with Gasteiger partial charge >= 0.3 is 0 Å². The summed E-state index contributed by atoms with van der Waals surface area (Å²) < 4.78 is 0. The average Bonchev–Trinajstić information content (AvgIpc) is 2.90. The van der Waals surface area contributed by atoms with Crippen molar-refractivity contribution in [1.29, 1.82) is 0 Å². The van der Waals surface area contributed by atoms with Crippen molar-refractivity contribution in [1.82, 2.24) is 5.32 Å². The Hall–Kier alpha value is -1.65. The fourth-order valence-corrected chi connectivity index (χ4v) is 2.81. The first-order valence-electron chi connectivity index (χ1n) is 6.78. The van der Waals surface area contributed by atoms with Crippen molar-refractivity contribution in [2.75, 3.05) is 13.6 Å². The van der Waals surface area contributed by atoms with Crippen molar-refractivity contribution in [3.05, 3.63) is 57.8 Å². The van der Waals surface area contributed by atoms with Crippen LogP contribution in [0.5, 0.6) is 0 Å². The number of quaternary nitrogens is 1. The fraction of sp³-hybridized carbons (Fsp3) is 0.312. The summed E-state index contributed by atoms with van der Waals surface area (Å²) in [6, 6.07) is 10.2. The molecule has 2 rings (SSSR count). The molecule has 0 aliphatic rings. The Morgan fingerprint density at radius 3 is 2.80 bits per heavy atom. The fourth-order valence-electron chi connectivity index (χ4n) is 2.14. The monoisotopic (exact) mass is 289 g/mol. The summed E-state index contributed by atoms with van der Waals surface area (Å²) in [5.74, 6) is 0.0981. The normalized spacial score (nSPS) is 12.1. The van der Waals surface area contributed by atoms with Gasteiger partial charge in [0.1, 0.15) is 6.54 Å². The van der Waals surface area contributed by atoms with Gasteiger partial charge in [-0.2, -0.15) is 11.3 Å². The van der Waals surface area contributed by atoms with Gasteiger partial charge in [0.25, 0.3) is 5.91 Å². The van der Waals surface area contributed by atoms with Gasteiger partial charge in [0.2, 0.25) is 0 Å². The lowest BCUT2D eigenvalue weighted by Gasteiger charge is -2.13. The van der Waals surface area contributed by atoms with Gasteiger partial charge in [0, 0.05) is 12.1 Å². The third-order valence-electron chi connectivity index (χ3n) is 3.29. The van der Waals surface area contributed by atoms with E-state index in [2.05, 4.69) is 41.2 Å². The molecule has 1 heterocycles. The highest BCUT2D eigenvalue weighted by Gasteiger charge is 2.10. The maximum Gasteiger partial charge on any atom is 0.275 e. The largest absolute Gasteiger partial charge is 0.347 e. The topological polar surface area (TPSA) is 33.5 Å². The molecule has 0 spiro atoms. The third-order valence-corrected chi connectivity index (χ3v) is 4.02. The molecule has 1 aromatic heterocycles. The van der Waals surface area contributed by atoms with Gasteiger partial charge in [-0.3, -0.25) is 4.79 Å². The molecule has 0 saturated heterocycles. The summed E-state index contributed by atoms with van der Waals surface area (Å²) >= 11 is 1.70. The van der Waals surface area contributed by atoms with Gasteiger partial charge in [-0.1, -0.05) is 24.3 Å². The zero-order valence-corrected chi connectivity index (χ0v) is 12.8. The SMILES string of the molecule is Cc1ccccc1CNC(=O)C[NH+](C)Cc1ccsc1. The number of thiophene rings is 1. The Morgan fingerprint density at radius 1 is 1.30 bits per heavy atom. The summed E-state index contributed by atoms with van der Waals surface area (Å²) in [5, 5.41) is 7.20. The van der Waals surface area contributed by atoms with E-state index in [0.717, 1.165) is 6.54 Å². The van der Waals surface area contributed by atoms with Crippen molar-refractivity contribution < 1.29 is 9.69 Å².